The van der Waals surface area contributed by atoms with Gasteiger partial charge >= 0.3 is 12.4 Å². The van der Waals surface area contributed by atoms with Crippen LogP contribution in [-0.4, -0.2) is 21.9 Å². The molecule has 10 heteroatoms. The van der Waals surface area contributed by atoms with Crippen LogP contribution in [0, 0.1) is 0 Å². The lowest BCUT2D eigenvalue weighted by atomic mass is 10.1. The molecule has 0 saturated heterocycles. The van der Waals surface area contributed by atoms with Crippen molar-refractivity contribution in [2.24, 2.45) is 0 Å². The van der Waals surface area contributed by atoms with Gasteiger partial charge in [-0.15, -0.1) is 0 Å². The molecule has 0 aromatic carbocycles. The topological polar surface area (TPSA) is 42.9 Å². The normalized spacial score (nSPS) is 12.6. The summed E-state index contributed by atoms with van der Waals surface area (Å²) >= 11 is 5.03. The first-order valence-electron chi connectivity index (χ1n) is 3.74. The predicted molar refractivity (Wildman–Crippen MR) is 42.4 cm³/mol. The Balaban J connectivity index is 3.40. The second-order valence-electron chi connectivity index (χ2n) is 2.73. The summed E-state index contributed by atoms with van der Waals surface area (Å²) in [7, 11) is 0. The largest absolute Gasteiger partial charge is 0.455 e. The van der Waals surface area contributed by atoms with E-state index in [0.29, 0.717) is 0 Å². The van der Waals surface area contributed by atoms with Crippen molar-refractivity contribution in [2.75, 3.05) is 0 Å². The molecule has 0 fully saturated rings. The Hall–Kier alpha value is -1.38. The molecule has 17 heavy (non-hydrogen) atoms. The molecule has 0 amide bonds. The lowest BCUT2D eigenvalue weighted by molar-refractivity contribution is -0.142. The van der Waals surface area contributed by atoms with Crippen molar-refractivity contribution in [1.82, 2.24) is 9.97 Å². The first kappa shape index (κ1) is 13.7. The quantitative estimate of drug-likeness (QED) is 0.451. The van der Waals surface area contributed by atoms with Crippen LogP contribution in [-0.2, 0) is 6.18 Å². The van der Waals surface area contributed by atoms with Crippen LogP contribution in [0.5, 0.6) is 0 Å². The van der Waals surface area contributed by atoms with Crippen molar-refractivity contribution in [1.29, 1.82) is 0 Å². The molecule has 0 N–H and O–H groups in total. The fourth-order valence-electron chi connectivity index (χ4n) is 0.895. The third-order valence-electron chi connectivity index (χ3n) is 1.53. The molecule has 94 valence electrons. The predicted octanol–water partition coefficient (Wildman–Crippen LogP) is 2.89. The number of alkyl halides is 6. The number of halogens is 7. The lowest BCUT2D eigenvalue weighted by Gasteiger charge is -2.11. The van der Waals surface area contributed by atoms with Crippen LogP contribution in [0.4, 0.5) is 26.3 Å². The molecule has 1 aromatic rings. The zero-order valence-electron chi connectivity index (χ0n) is 7.53. The van der Waals surface area contributed by atoms with Gasteiger partial charge < -0.3 is 0 Å². The summed E-state index contributed by atoms with van der Waals surface area (Å²) in [6.45, 7) is 0. The van der Waals surface area contributed by atoms with Gasteiger partial charge in [-0.3, -0.25) is 4.79 Å². The minimum atomic E-state index is -5.45. The Morgan fingerprint density at radius 3 is 2.12 bits per heavy atom. The summed E-state index contributed by atoms with van der Waals surface area (Å²) in [5.41, 5.74) is -3.70. The molecule has 1 rings (SSSR count). The number of hydrogen-bond acceptors (Lipinski definition) is 3. The highest BCUT2D eigenvalue weighted by molar-refractivity contribution is 6.28. The van der Waals surface area contributed by atoms with Gasteiger partial charge in [-0.1, -0.05) is 0 Å². The van der Waals surface area contributed by atoms with Crippen molar-refractivity contribution in [2.45, 2.75) is 12.4 Å². The van der Waals surface area contributed by atoms with E-state index in [9.17, 15) is 31.1 Å². The van der Waals surface area contributed by atoms with Gasteiger partial charge in [0.1, 0.15) is 0 Å². The molecule has 0 aliphatic rings. The molecule has 0 atom stereocenters. The maximum absolute atomic E-state index is 12.3. The van der Waals surface area contributed by atoms with Crippen LogP contribution < -0.4 is 0 Å². The average molecular weight is 279 g/mol. The molecule has 1 heterocycles. The van der Waals surface area contributed by atoms with E-state index in [1.54, 1.807) is 0 Å². The number of hydrogen-bond donors (Lipinski definition) is 0. The van der Waals surface area contributed by atoms with E-state index in [1.807, 2.05) is 0 Å². The summed E-state index contributed by atoms with van der Waals surface area (Å²) in [5, 5.41) is -0.906. The Kier molecular flexibility index (Phi) is 3.33. The first-order valence-corrected chi connectivity index (χ1v) is 4.12. The number of ketones is 1. The number of carbonyl (C=O) groups excluding carboxylic acids is 1. The highest BCUT2D eigenvalue weighted by Gasteiger charge is 2.46. The SMILES string of the molecule is O=C(c1cnc(Cl)nc1C(F)(F)F)C(F)(F)F. The van der Waals surface area contributed by atoms with E-state index < -0.39 is 34.7 Å². The van der Waals surface area contributed by atoms with Crippen molar-refractivity contribution in [3.63, 3.8) is 0 Å². The molecule has 0 spiro atoms. The third-order valence-corrected chi connectivity index (χ3v) is 1.71. The van der Waals surface area contributed by atoms with Crippen LogP contribution in [0.2, 0.25) is 5.28 Å². The van der Waals surface area contributed by atoms with E-state index in [4.69, 9.17) is 11.6 Å². The smallest absolute Gasteiger partial charge is 0.284 e. The maximum Gasteiger partial charge on any atom is 0.455 e. The third kappa shape index (κ3) is 3.05. The molecule has 0 aliphatic heterocycles. The Morgan fingerprint density at radius 2 is 1.71 bits per heavy atom. The van der Waals surface area contributed by atoms with Crippen LogP contribution in [0.25, 0.3) is 0 Å². The molecule has 0 bridgehead atoms. The Labute approximate surface area is 94.4 Å². The molecule has 0 saturated carbocycles. The Morgan fingerprint density at radius 1 is 1.18 bits per heavy atom. The molecular formula is C7HClF6N2O. The van der Waals surface area contributed by atoms with Gasteiger partial charge in [0.15, 0.2) is 5.69 Å². The fraction of sp³-hybridized carbons (Fsp3) is 0.286. The van der Waals surface area contributed by atoms with Crippen LogP contribution in [0.15, 0.2) is 6.20 Å². The second kappa shape index (κ2) is 4.13. The summed E-state index contributed by atoms with van der Waals surface area (Å²) in [4.78, 5) is 16.2. The van der Waals surface area contributed by atoms with Gasteiger partial charge in [0.05, 0.1) is 5.56 Å². The molecule has 3 nitrogen and oxygen atoms in total. The molecular weight excluding hydrogens is 278 g/mol. The molecule has 0 unspecified atom stereocenters. The van der Waals surface area contributed by atoms with Crippen LogP contribution in [0.3, 0.4) is 0 Å². The summed E-state index contributed by atoms with van der Waals surface area (Å²) in [5.74, 6) is -2.68. The highest BCUT2D eigenvalue weighted by atomic mass is 35.5. The van der Waals surface area contributed by atoms with Crippen LogP contribution in [0.1, 0.15) is 16.1 Å². The van der Waals surface area contributed by atoms with Gasteiger partial charge in [0, 0.05) is 6.20 Å². The zero-order chi connectivity index (χ0) is 13.4. The standard InChI is InChI=1S/C7HClF6N2O/c8-5-15-1-2(4(17)7(12,13)14)3(16-5)6(9,10)11/h1H. The van der Waals surface area contributed by atoms with Crippen molar-refractivity contribution < 1.29 is 31.1 Å². The fourth-order valence-corrected chi connectivity index (χ4v) is 1.03. The van der Waals surface area contributed by atoms with Crippen molar-refractivity contribution in [3.05, 3.63) is 22.7 Å². The molecule has 0 radical (unpaired) electrons. The highest BCUT2D eigenvalue weighted by Crippen LogP contribution is 2.33. The van der Waals surface area contributed by atoms with Crippen molar-refractivity contribution >= 4 is 17.4 Å². The minimum Gasteiger partial charge on any atom is -0.284 e. The summed E-state index contributed by atoms with van der Waals surface area (Å²) in [6.07, 6.45) is -10.6. The second-order valence-corrected chi connectivity index (χ2v) is 3.06. The molecule has 1 aromatic heterocycles. The number of carbonyl (C=O) groups is 1. The van der Waals surface area contributed by atoms with E-state index in [-0.39, 0.29) is 6.20 Å². The van der Waals surface area contributed by atoms with Gasteiger partial charge in [0.25, 0.3) is 5.78 Å². The minimum absolute atomic E-state index is 0.0913. The van der Waals surface area contributed by atoms with Gasteiger partial charge in [-0.2, -0.15) is 26.3 Å². The number of Topliss-reactive ketones (excluding diaryl/α,β-unsaturated/α-hetero) is 1. The summed E-state index contributed by atoms with van der Waals surface area (Å²) in [6, 6.07) is 0. The maximum atomic E-state index is 12.3. The summed E-state index contributed by atoms with van der Waals surface area (Å²) < 4.78 is 72.9. The van der Waals surface area contributed by atoms with Gasteiger partial charge in [-0.25, -0.2) is 9.97 Å². The number of rotatable bonds is 1. The van der Waals surface area contributed by atoms with E-state index >= 15 is 0 Å². The first-order chi connectivity index (χ1) is 7.53. The average Bonchev–Trinajstić information content (AvgIpc) is 2.14. The lowest BCUT2D eigenvalue weighted by Crippen LogP contribution is -2.27. The van der Waals surface area contributed by atoms with Gasteiger partial charge in [-0.05, 0) is 11.6 Å². The number of nitrogens with zero attached hydrogens (tertiary/aromatic N) is 2. The van der Waals surface area contributed by atoms with E-state index in [0.717, 1.165) is 0 Å². The molecule has 0 aliphatic carbocycles. The van der Waals surface area contributed by atoms with E-state index in [2.05, 4.69) is 9.97 Å². The zero-order valence-corrected chi connectivity index (χ0v) is 8.28. The van der Waals surface area contributed by atoms with Crippen LogP contribution >= 0.6 is 11.6 Å². The van der Waals surface area contributed by atoms with Crippen molar-refractivity contribution in [3.8, 4) is 0 Å². The van der Waals surface area contributed by atoms with Gasteiger partial charge in [0.2, 0.25) is 5.28 Å². The number of aromatic nitrogens is 2. The monoisotopic (exact) mass is 278 g/mol. The Bertz CT molecular complexity index is 455. The van der Waals surface area contributed by atoms with E-state index in [1.165, 1.54) is 0 Å².